The molecule has 0 radical (unpaired) electrons. The number of hydrogen-bond acceptors (Lipinski definition) is 3. The van der Waals surface area contributed by atoms with Gasteiger partial charge in [-0.1, -0.05) is 18.2 Å². The van der Waals surface area contributed by atoms with E-state index in [2.05, 4.69) is 0 Å². The van der Waals surface area contributed by atoms with Crippen LogP contribution in [-0.4, -0.2) is 23.9 Å². The second-order valence-electron chi connectivity index (χ2n) is 2.65. The van der Waals surface area contributed by atoms with Crippen molar-refractivity contribution in [3.05, 3.63) is 30.3 Å². The summed E-state index contributed by atoms with van der Waals surface area (Å²) in [5.41, 5.74) is 6.28. The molecule has 0 aromatic heterocycles. The molecule has 1 rings (SSSR count). The van der Waals surface area contributed by atoms with Gasteiger partial charge in [-0.2, -0.15) is 4.31 Å². The molecule has 0 fully saturated rings. The zero-order chi connectivity index (χ0) is 9.68. The summed E-state index contributed by atoms with van der Waals surface area (Å²) >= 11 is -1.01. The van der Waals surface area contributed by atoms with Crippen molar-refractivity contribution in [3.8, 4) is 0 Å². The average Bonchev–Trinajstić information content (AvgIpc) is 2.18. The predicted molar refractivity (Wildman–Crippen MR) is 56.9 cm³/mol. The molecule has 0 saturated heterocycles. The normalized spacial score (nSPS) is 12.5. The fourth-order valence-electron chi connectivity index (χ4n) is 0.993. The molecular weight excluding hydrogens is 184 g/mol. The highest BCUT2D eigenvalue weighted by molar-refractivity contribution is 7.92. The van der Waals surface area contributed by atoms with Gasteiger partial charge in [0.15, 0.2) is 0 Å². The van der Waals surface area contributed by atoms with Gasteiger partial charge >= 0.3 is 0 Å². The number of hydrogen-bond donors (Lipinski definition) is 1. The number of anilines is 1. The molecule has 72 valence electrons. The van der Waals surface area contributed by atoms with E-state index in [0.29, 0.717) is 12.3 Å². The second-order valence-corrected chi connectivity index (χ2v) is 4.25. The molecule has 0 bridgehead atoms. The summed E-state index contributed by atoms with van der Waals surface area (Å²) in [6, 6.07) is 9.63. The molecule has 0 amide bonds. The maximum Gasteiger partial charge on any atom is 0.143 e. The number of benzene rings is 1. The van der Waals surface area contributed by atoms with Crippen LogP contribution in [-0.2, 0) is 11.4 Å². The van der Waals surface area contributed by atoms with E-state index >= 15 is 0 Å². The molecule has 0 aliphatic carbocycles. The fraction of sp³-hybridized carbons (Fsp3) is 0.333. The van der Waals surface area contributed by atoms with E-state index in [1.54, 1.807) is 11.4 Å². The summed E-state index contributed by atoms with van der Waals surface area (Å²) in [5, 5.41) is 0. The highest BCUT2D eigenvalue weighted by Gasteiger charge is 2.13. The van der Waals surface area contributed by atoms with E-state index in [0.717, 1.165) is 5.69 Å². The number of rotatable bonds is 4. The van der Waals surface area contributed by atoms with Crippen molar-refractivity contribution in [3.63, 3.8) is 0 Å². The SMILES string of the molecule is CN(c1ccccc1)[S+]([O-])CCN. The molecule has 1 aromatic carbocycles. The van der Waals surface area contributed by atoms with Crippen molar-refractivity contribution < 1.29 is 4.55 Å². The Morgan fingerprint density at radius 3 is 2.54 bits per heavy atom. The van der Waals surface area contributed by atoms with E-state index in [4.69, 9.17) is 5.73 Å². The standard InChI is InChI=1S/C9H14N2OS/c1-11(13(12)8-7-10)9-5-3-2-4-6-9/h2-6H,7-8,10H2,1H3. The van der Waals surface area contributed by atoms with Gasteiger partial charge in [0, 0.05) is 6.54 Å². The first kappa shape index (κ1) is 10.4. The Hall–Kier alpha value is -0.710. The van der Waals surface area contributed by atoms with Gasteiger partial charge in [-0.25, -0.2) is 0 Å². The molecule has 0 spiro atoms. The van der Waals surface area contributed by atoms with Gasteiger partial charge in [-0.15, -0.1) is 0 Å². The fourth-order valence-corrected chi connectivity index (χ4v) is 1.83. The van der Waals surface area contributed by atoms with Crippen molar-refractivity contribution >= 4 is 17.0 Å². The van der Waals surface area contributed by atoms with Crippen LogP contribution in [0, 0.1) is 0 Å². The first-order chi connectivity index (χ1) is 6.25. The molecule has 0 aliphatic rings. The van der Waals surface area contributed by atoms with Crippen LogP contribution in [0.1, 0.15) is 0 Å². The smallest absolute Gasteiger partial charge is 0.143 e. The van der Waals surface area contributed by atoms with Gasteiger partial charge in [0.2, 0.25) is 0 Å². The lowest BCUT2D eigenvalue weighted by molar-refractivity contribution is 0.593. The average molecular weight is 198 g/mol. The molecule has 1 atom stereocenters. The highest BCUT2D eigenvalue weighted by atomic mass is 32.2. The largest absolute Gasteiger partial charge is 0.593 e. The molecule has 0 saturated carbocycles. The maximum atomic E-state index is 11.5. The van der Waals surface area contributed by atoms with Gasteiger partial charge in [0.25, 0.3) is 0 Å². The van der Waals surface area contributed by atoms with E-state index in [1.165, 1.54) is 0 Å². The summed E-state index contributed by atoms with van der Waals surface area (Å²) in [5.74, 6) is 0.505. The molecular formula is C9H14N2OS. The zero-order valence-corrected chi connectivity index (χ0v) is 8.46. The van der Waals surface area contributed by atoms with E-state index in [9.17, 15) is 4.55 Å². The van der Waals surface area contributed by atoms with Crippen LogP contribution < -0.4 is 10.0 Å². The second kappa shape index (κ2) is 5.11. The van der Waals surface area contributed by atoms with Gasteiger partial charge in [0.05, 0.1) is 24.1 Å². The van der Waals surface area contributed by atoms with Gasteiger partial charge in [0.1, 0.15) is 5.75 Å². The summed E-state index contributed by atoms with van der Waals surface area (Å²) < 4.78 is 13.2. The predicted octanol–water partition coefficient (Wildman–Crippen LogP) is 0.745. The third-order valence-corrected chi connectivity index (χ3v) is 3.12. The minimum Gasteiger partial charge on any atom is -0.593 e. The molecule has 1 aromatic rings. The third-order valence-electron chi connectivity index (χ3n) is 1.72. The van der Waals surface area contributed by atoms with E-state index < -0.39 is 11.4 Å². The molecule has 4 heteroatoms. The Bertz CT molecular complexity index is 243. The molecule has 0 heterocycles. The van der Waals surface area contributed by atoms with Gasteiger partial charge in [-0.05, 0) is 12.1 Å². The Morgan fingerprint density at radius 1 is 1.38 bits per heavy atom. The summed E-state index contributed by atoms with van der Waals surface area (Å²) in [7, 11) is 1.81. The minimum atomic E-state index is -1.01. The van der Waals surface area contributed by atoms with Crippen LogP contribution in [0.4, 0.5) is 5.69 Å². The van der Waals surface area contributed by atoms with Gasteiger partial charge < -0.3 is 10.3 Å². The van der Waals surface area contributed by atoms with E-state index in [1.807, 2.05) is 30.3 Å². The summed E-state index contributed by atoms with van der Waals surface area (Å²) in [6.45, 7) is 0.448. The lowest BCUT2D eigenvalue weighted by Crippen LogP contribution is -2.31. The van der Waals surface area contributed by atoms with Crippen LogP contribution in [0.25, 0.3) is 0 Å². The lowest BCUT2D eigenvalue weighted by atomic mass is 10.3. The van der Waals surface area contributed by atoms with Crippen LogP contribution >= 0.6 is 0 Å². The van der Waals surface area contributed by atoms with Crippen molar-refractivity contribution in [2.75, 3.05) is 23.7 Å². The summed E-state index contributed by atoms with van der Waals surface area (Å²) in [4.78, 5) is 0. The third kappa shape index (κ3) is 2.91. The minimum absolute atomic E-state index is 0.448. The summed E-state index contributed by atoms with van der Waals surface area (Å²) in [6.07, 6.45) is 0. The first-order valence-corrected chi connectivity index (χ1v) is 5.40. The number of para-hydroxylation sites is 1. The highest BCUT2D eigenvalue weighted by Crippen LogP contribution is 2.14. The number of nitrogens with zero attached hydrogens (tertiary/aromatic N) is 1. The van der Waals surface area contributed by atoms with Crippen molar-refractivity contribution in [1.29, 1.82) is 0 Å². The number of nitrogens with two attached hydrogens (primary N) is 1. The molecule has 1 unspecified atom stereocenters. The molecule has 2 N–H and O–H groups in total. The Kier molecular flexibility index (Phi) is 4.08. The maximum absolute atomic E-state index is 11.5. The van der Waals surface area contributed by atoms with Crippen molar-refractivity contribution in [2.45, 2.75) is 0 Å². The Balaban J connectivity index is 2.62. The van der Waals surface area contributed by atoms with Crippen LogP contribution in [0.15, 0.2) is 30.3 Å². The van der Waals surface area contributed by atoms with E-state index in [-0.39, 0.29) is 0 Å². The molecule has 3 nitrogen and oxygen atoms in total. The Labute approximate surface area is 81.9 Å². The Morgan fingerprint density at radius 2 is 2.00 bits per heavy atom. The zero-order valence-electron chi connectivity index (χ0n) is 7.64. The van der Waals surface area contributed by atoms with Crippen molar-refractivity contribution in [2.24, 2.45) is 5.73 Å². The van der Waals surface area contributed by atoms with Crippen LogP contribution in [0.3, 0.4) is 0 Å². The van der Waals surface area contributed by atoms with Gasteiger partial charge in [-0.3, -0.25) is 0 Å². The molecule has 13 heavy (non-hydrogen) atoms. The quantitative estimate of drug-likeness (QED) is 0.726. The van der Waals surface area contributed by atoms with Crippen molar-refractivity contribution in [1.82, 2.24) is 0 Å². The van der Waals surface area contributed by atoms with Crippen LogP contribution in [0.5, 0.6) is 0 Å². The lowest BCUT2D eigenvalue weighted by Gasteiger charge is -2.21. The van der Waals surface area contributed by atoms with Crippen LogP contribution in [0.2, 0.25) is 0 Å². The monoisotopic (exact) mass is 198 g/mol. The first-order valence-electron chi connectivity index (χ1n) is 4.13. The molecule has 0 aliphatic heterocycles. The topological polar surface area (TPSA) is 52.3 Å².